The summed E-state index contributed by atoms with van der Waals surface area (Å²) in [5, 5.41) is 3.56. The minimum Gasteiger partial charge on any atom is -0.467 e. The van der Waals surface area contributed by atoms with Crippen molar-refractivity contribution in [1.82, 2.24) is 10.3 Å². The van der Waals surface area contributed by atoms with Crippen LogP contribution in [0.15, 0.2) is 59.3 Å². The highest BCUT2D eigenvalue weighted by molar-refractivity contribution is 7.16. The van der Waals surface area contributed by atoms with E-state index < -0.39 is 0 Å². The van der Waals surface area contributed by atoms with Gasteiger partial charge in [0.1, 0.15) is 11.8 Å². The van der Waals surface area contributed by atoms with Crippen molar-refractivity contribution in [1.29, 1.82) is 0 Å². The van der Waals surface area contributed by atoms with Gasteiger partial charge in [0.25, 0.3) is 0 Å². The summed E-state index contributed by atoms with van der Waals surface area (Å²) in [4.78, 5) is 5.52. The van der Waals surface area contributed by atoms with E-state index >= 15 is 0 Å². The number of furan rings is 1. The number of thiophene rings is 1. The molecule has 0 aromatic carbocycles. The first-order valence-electron chi connectivity index (χ1n) is 6.69. The average molecular weight is 319 g/mol. The molecule has 0 saturated heterocycles. The van der Waals surface area contributed by atoms with Gasteiger partial charge in [-0.1, -0.05) is 17.7 Å². The van der Waals surface area contributed by atoms with E-state index in [0.29, 0.717) is 0 Å². The van der Waals surface area contributed by atoms with Gasteiger partial charge in [-0.15, -0.1) is 11.3 Å². The van der Waals surface area contributed by atoms with Crippen molar-refractivity contribution in [3.8, 4) is 0 Å². The number of nitrogens with zero attached hydrogens (tertiary/aromatic N) is 1. The van der Waals surface area contributed by atoms with Gasteiger partial charge in [0, 0.05) is 17.1 Å². The second kappa shape index (κ2) is 6.43. The lowest BCUT2D eigenvalue weighted by molar-refractivity contribution is 0.419. The average Bonchev–Trinajstić information content (AvgIpc) is 3.17. The Morgan fingerprint density at radius 2 is 2.10 bits per heavy atom. The molecule has 108 valence electrons. The van der Waals surface area contributed by atoms with Gasteiger partial charge in [-0.05, 0) is 43.3 Å². The van der Waals surface area contributed by atoms with E-state index in [2.05, 4.69) is 17.2 Å². The number of pyridine rings is 1. The minimum atomic E-state index is -0.0329. The van der Waals surface area contributed by atoms with Crippen LogP contribution in [0.4, 0.5) is 0 Å². The molecule has 0 amide bonds. The first-order chi connectivity index (χ1) is 10.2. The molecule has 3 rings (SSSR count). The molecule has 3 heterocycles. The van der Waals surface area contributed by atoms with Crippen LogP contribution in [0.3, 0.4) is 0 Å². The summed E-state index contributed by atoms with van der Waals surface area (Å²) in [5.74, 6) is 0.872. The number of halogens is 1. The Morgan fingerprint density at radius 1 is 1.19 bits per heavy atom. The number of aromatic nitrogens is 1. The predicted octanol–water partition coefficient (Wildman–Crippen LogP) is 4.83. The van der Waals surface area contributed by atoms with Crippen molar-refractivity contribution >= 4 is 22.9 Å². The van der Waals surface area contributed by atoms with Crippen LogP contribution in [-0.4, -0.2) is 4.98 Å². The molecule has 5 heteroatoms. The number of hydrogen-bond donors (Lipinski definition) is 1. The largest absolute Gasteiger partial charge is 0.467 e. The molecule has 0 spiro atoms. The molecular formula is C16H15ClN2OS. The van der Waals surface area contributed by atoms with Gasteiger partial charge in [-0.25, -0.2) is 0 Å². The SMILES string of the molecule is C[C@@H](NC(c1ccco1)c1ccc(Cl)s1)c1ccccn1. The molecule has 0 aliphatic rings. The summed E-state index contributed by atoms with van der Waals surface area (Å²) in [7, 11) is 0. The summed E-state index contributed by atoms with van der Waals surface area (Å²) in [6.45, 7) is 2.09. The maximum atomic E-state index is 6.07. The minimum absolute atomic E-state index is 0.0329. The summed E-state index contributed by atoms with van der Waals surface area (Å²) >= 11 is 7.62. The summed E-state index contributed by atoms with van der Waals surface area (Å²) in [6.07, 6.45) is 3.49. The normalized spacial score (nSPS) is 14.0. The van der Waals surface area contributed by atoms with Gasteiger partial charge in [0.15, 0.2) is 0 Å². The van der Waals surface area contributed by atoms with Crippen LogP contribution >= 0.6 is 22.9 Å². The van der Waals surface area contributed by atoms with E-state index in [9.17, 15) is 0 Å². The highest BCUT2D eigenvalue weighted by Gasteiger charge is 2.21. The van der Waals surface area contributed by atoms with Crippen molar-refractivity contribution < 1.29 is 4.42 Å². The third-order valence-electron chi connectivity index (χ3n) is 3.25. The van der Waals surface area contributed by atoms with Crippen LogP contribution in [-0.2, 0) is 0 Å². The first-order valence-corrected chi connectivity index (χ1v) is 7.89. The van der Waals surface area contributed by atoms with Gasteiger partial charge in [-0.2, -0.15) is 0 Å². The maximum Gasteiger partial charge on any atom is 0.126 e. The zero-order chi connectivity index (χ0) is 14.7. The zero-order valence-electron chi connectivity index (χ0n) is 11.5. The Bertz CT molecular complexity index is 681. The molecule has 1 N–H and O–H groups in total. The van der Waals surface area contributed by atoms with Crippen LogP contribution < -0.4 is 5.32 Å². The molecule has 3 aromatic heterocycles. The lowest BCUT2D eigenvalue weighted by atomic mass is 10.1. The molecule has 2 atom stereocenters. The summed E-state index contributed by atoms with van der Waals surface area (Å²) in [5.41, 5.74) is 0.997. The standard InChI is InChI=1S/C16H15ClN2OS/c1-11(12-5-2-3-9-18-12)19-16(13-6-4-10-20-13)14-7-8-15(17)21-14/h2-11,16,19H,1H3/t11-,16?/m1/s1. The molecule has 0 bridgehead atoms. The Balaban J connectivity index is 1.86. The Kier molecular flexibility index (Phi) is 4.39. The second-order valence-electron chi connectivity index (χ2n) is 4.73. The lowest BCUT2D eigenvalue weighted by Gasteiger charge is -2.20. The van der Waals surface area contributed by atoms with Crippen LogP contribution in [0, 0.1) is 0 Å². The van der Waals surface area contributed by atoms with Crippen LogP contribution in [0.2, 0.25) is 4.34 Å². The molecular weight excluding hydrogens is 304 g/mol. The third-order valence-corrected chi connectivity index (χ3v) is 4.55. The van der Waals surface area contributed by atoms with E-state index in [-0.39, 0.29) is 12.1 Å². The van der Waals surface area contributed by atoms with Crippen molar-refractivity contribution in [2.75, 3.05) is 0 Å². The van der Waals surface area contributed by atoms with Crippen molar-refractivity contribution in [2.45, 2.75) is 19.0 Å². The van der Waals surface area contributed by atoms with Crippen LogP contribution in [0.5, 0.6) is 0 Å². The quantitative estimate of drug-likeness (QED) is 0.732. The topological polar surface area (TPSA) is 38.1 Å². The highest BCUT2D eigenvalue weighted by Crippen LogP contribution is 2.32. The number of hydrogen-bond acceptors (Lipinski definition) is 4. The molecule has 0 saturated carbocycles. The maximum absolute atomic E-state index is 6.07. The number of rotatable bonds is 5. The monoisotopic (exact) mass is 318 g/mol. The van der Waals surface area contributed by atoms with Crippen LogP contribution in [0.1, 0.15) is 35.3 Å². The van der Waals surface area contributed by atoms with E-state index in [4.69, 9.17) is 16.0 Å². The molecule has 0 aliphatic heterocycles. The van der Waals surface area contributed by atoms with Gasteiger partial charge < -0.3 is 4.42 Å². The molecule has 3 aromatic rings. The fraction of sp³-hybridized carbons (Fsp3) is 0.188. The fourth-order valence-electron chi connectivity index (χ4n) is 2.21. The van der Waals surface area contributed by atoms with Crippen LogP contribution in [0.25, 0.3) is 0 Å². The van der Waals surface area contributed by atoms with E-state index in [1.165, 1.54) is 0 Å². The Morgan fingerprint density at radius 3 is 2.71 bits per heavy atom. The summed E-state index contributed by atoms with van der Waals surface area (Å²) in [6, 6.07) is 13.8. The van der Waals surface area contributed by atoms with Crippen molar-refractivity contribution in [3.05, 3.63) is 75.6 Å². The van der Waals surface area contributed by atoms with E-state index in [0.717, 1.165) is 20.7 Å². The molecule has 3 nitrogen and oxygen atoms in total. The predicted molar refractivity (Wildman–Crippen MR) is 85.7 cm³/mol. The molecule has 21 heavy (non-hydrogen) atoms. The van der Waals surface area contributed by atoms with Gasteiger partial charge >= 0.3 is 0 Å². The molecule has 1 unspecified atom stereocenters. The molecule has 0 radical (unpaired) electrons. The van der Waals surface area contributed by atoms with Gasteiger partial charge in [-0.3, -0.25) is 10.3 Å². The second-order valence-corrected chi connectivity index (χ2v) is 6.48. The lowest BCUT2D eigenvalue weighted by Crippen LogP contribution is -2.25. The number of nitrogens with one attached hydrogen (secondary N) is 1. The smallest absolute Gasteiger partial charge is 0.126 e. The Hall–Kier alpha value is -1.62. The first kappa shape index (κ1) is 14.3. The highest BCUT2D eigenvalue weighted by atomic mass is 35.5. The van der Waals surface area contributed by atoms with E-state index in [1.54, 1.807) is 23.8 Å². The Labute approximate surface area is 132 Å². The zero-order valence-corrected chi connectivity index (χ0v) is 13.1. The third kappa shape index (κ3) is 3.35. The van der Waals surface area contributed by atoms with Gasteiger partial charge in [0.2, 0.25) is 0 Å². The molecule has 0 fully saturated rings. The van der Waals surface area contributed by atoms with Gasteiger partial charge in [0.05, 0.1) is 16.3 Å². The fourth-order valence-corrected chi connectivity index (χ4v) is 3.34. The summed E-state index contributed by atoms with van der Waals surface area (Å²) < 4.78 is 6.35. The van der Waals surface area contributed by atoms with Crippen molar-refractivity contribution in [3.63, 3.8) is 0 Å². The van der Waals surface area contributed by atoms with E-state index in [1.807, 2.05) is 42.5 Å². The van der Waals surface area contributed by atoms with Crippen molar-refractivity contribution in [2.24, 2.45) is 0 Å². The molecule has 0 aliphatic carbocycles.